The molecule has 0 heterocycles. The van der Waals surface area contributed by atoms with Crippen molar-refractivity contribution < 1.29 is 9.66 Å². The number of methoxy groups -OCH3 is 1. The summed E-state index contributed by atoms with van der Waals surface area (Å²) in [5.74, 6) is 0. The molecule has 1 atom stereocenters. The number of nitrogens with one attached hydrogen (secondary N) is 1. The molecule has 0 bridgehead atoms. The van der Waals surface area contributed by atoms with Crippen molar-refractivity contribution in [3.05, 3.63) is 38.9 Å². The standard InChI is InChI=1S/C11H15ClN2O3/c1-8(7-17-2)13-6-9-3-4-10(12)11(5-9)14(15)16/h3-5,8,13H,6-7H2,1-2H3. The number of ether oxygens (including phenoxy) is 1. The van der Waals surface area contributed by atoms with E-state index in [1.807, 2.05) is 6.92 Å². The van der Waals surface area contributed by atoms with Crippen LogP contribution in [0.1, 0.15) is 12.5 Å². The van der Waals surface area contributed by atoms with Gasteiger partial charge in [-0.05, 0) is 18.6 Å². The molecule has 5 nitrogen and oxygen atoms in total. The van der Waals surface area contributed by atoms with Crippen molar-refractivity contribution in [3.8, 4) is 0 Å². The molecule has 0 radical (unpaired) electrons. The van der Waals surface area contributed by atoms with Crippen LogP contribution in [0.15, 0.2) is 18.2 Å². The van der Waals surface area contributed by atoms with Gasteiger partial charge in [0.05, 0.1) is 11.5 Å². The van der Waals surface area contributed by atoms with Crippen LogP contribution in [0, 0.1) is 10.1 Å². The van der Waals surface area contributed by atoms with Crippen LogP contribution >= 0.6 is 11.6 Å². The molecule has 1 N–H and O–H groups in total. The Morgan fingerprint density at radius 1 is 1.59 bits per heavy atom. The Morgan fingerprint density at radius 2 is 2.29 bits per heavy atom. The number of benzene rings is 1. The molecule has 0 saturated heterocycles. The second-order valence-corrected chi connectivity index (χ2v) is 4.19. The largest absolute Gasteiger partial charge is 0.383 e. The first-order valence-corrected chi connectivity index (χ1v) is 5.57. The Hall–Kier alpha value is -1.17. The molecule has 1 aromatic rings. The minimum Gasteiger partial charge on any atom is -0.383 e. The predicted octanol–water partition coefficient (Wildman–Crippen LogP) is 2.37. The number of nitrogens with zero attached hydrogens (tertiary/aromatic N) is 1. The van der Waals surface area contributed by atoms with E-state index in [1.54, 1.807) is 13.2 Å². The molecule has 0 spiro atoms. The highest BCUT2D eigenvalue weighted by Crippen LogP contribution is 2.24. The normalized spacial score (nSPS) is 12.4. The lowest BCUT2D eigenvalue weighted by Crippen LogP contribution is -2.29. The second kappa shape index (κ2) is 6.54. The summed E-state index contributed by atoms with van der Waals surface area (Å²) in [5.41, 5.74) is 0.759. The molecule has 1 aromatic carbocycles. The summed E-state index contributed by atoms with van der Waals surface area (Å²) < 4.78 is 4.98. The number of rotatable bonds is 6. The van der Waals surface area contributed by atoms with Gasteiger partial charge in [-0.25, -0.2) is 0 Å². The van der Waals surface area contributed by atoms with Gasteiger partial charge in [0.15, 0.2) is 0 Å². The highest BCUT2D eigenvalue weighted by molar-refractivity contribution is 6.32. The van der Waals surface area contributed by atoms with Gasteiger partial charge in [-0.15, -0.1) is 0 Å². The zero-order chi connectivity index (χ0) is 12.8. The highest BCUT2D eigenvalue weighted by atomic mass is 35.5. The Balaban J connectivity index is 2.66. The van der Waals surface area contributed by atoms with Gasteiger partial charge in [0, 0.05) is 25.8 Å². The van der Waals surface area contributed by atoms with E-state index in [0.717, 1.165) is 5.56 Å². The molecular formula is C11H15ClN2O3. The summed E-state index contributed by atoms with van der Waals surface area (Å²) in [6, 6.07) is 4.98. The van der Waals surface area contributed by atoms with Crippen LogP contribution < -0.4 is 5.32 Å². The van der Waals surface area contributed by atoms with Crippen LogP contribution in [0.4, 0.5) is 5.69 Å². The third-order valence-corrected chi connectivity index (χ3v) is 2.60. The monoisotopic (exact) mass is 258 g/mol. The van der Waals surface area contributed by atoms with Gasteiger partial charge < -0.3 is 10.1 Å². The average Bonchev–Trinajstić information content (AvgIpc) is 2.28. The molecule has 0 aromatic heterocycles. The molecule has 94 valence electrons. The van der Waals surface area contributed by atoms with Gasteiger partial charge in [-0.3, -0.25) is 10.1 Å². The zero-order valence-electron chi connectivity index (χ0n) is 9.77. The third-order valence-electron chi connectivity index (χ3n) is 2.28. The fourth-order valence-electron chi connectivity index (χ4n) is 1.41. The summed E-state index contributed by atoms with van der Waals surface area (Å²) in [5, 5.41) is 14.0. The minimum atomic E-state index is -0.482. The van der Waals surface area contributed by atoms with Crippen molar-refractivity contribution in [2.75, 3.05) is 13.7 Å². The molecule has 6 heteroatoms. The van der Waals surface area contributed by atoms with Crippen molar-refractivity contribution in [1.82, 2.24) is 5.32 Å². The number of nitro benzene ring substituents is 1. The number of hydrogen-bond donors (Lipinski definition) is 1. The maximum Gasteiger partial charge on any atom is 0.288 e. The smallest absolute Gasteiger partial charge is 0.288 e. The van der Waals surface area contributed by atoms with Gasteiger partial charge >= 0.3 is 0 Å². The Bertz CT molecular complexity index is 398. The summed E-state index contributed by atoms with van der Waals surface area (Å²) >= 11 is 5.72. The van der Waals surface area contributed by atoms with Crippen LogP contribution in [-0.2, 0) is 11.3 Å². The topological polar surface area (TPSA) is 64.4 Å². The van der Waals surface area contributed by atoms with Crippen molar-refractivity contribution in [1.29, 1.82) is 0 Å². The van der Waals surface area contributed by atoms with Gasteiger partial charge in [0.2, 0.25) is 0 Å². The van der Waals surface area contributed by atoms with Crippen molar-refractivity contribution >= 4 is 17.3 Å². The molecule has 0 amide bonds. The van der Waals surface area contributed by atoms with E-state index in [4.69, 9.17) is 16.3 Å². The van der Waals surface area contributed by atoms with E-state index >= 15 is 0 Å². The molecule has 0 aliphatic heterocycles. The second-order valence-electron chi connectivity index (χ2n) is 3.78. The lowest BCUT2D eigenvalue weighted by atomic mass is 10.2. The fourth-order valence-corrected chi connectivity index (χ4v) is 1.60. The maximum atomic E-state index is 10.7. The summed E-state index contributed by atoms with van der Waals surface area (Å²) in [7, 11) is 1.63. The van der Waals surface area contributed by atoms with Crippen molar-refractivity contribution in [3.63, 3.8) is 0 Å². The minimum absolute atomic E-state index is 0.0645. The van der Waals surface area contributed by atoms with Gasteiger partial charge in [0.25, 0.3) is 5.69 Å². The first-order valence-electron chi connectivity index (χ1n) is 5.19. The van der Waals surface area contributed by atoms with E-state index in [2.05, 4.69) is 5.32 Å². The molecule has 0 saturated carbocycles. The fraction of sp³-hybridized carbons (Fsp3) is 0.455. The van der Waals surface area contributed by atoms with Crippen LogP contribution in [0.25, 0.3) is 0 Å². The molecule has 1 rings (SSSR count). The first kappa shape index (κ1) is 13.9. The van der Waals surface area contributed by atoms with Crippen LogP contribution in [-0.4, -0.2) is 24.7 Å². The summed E-state index contributed by atoms with van der Waals surface area (Å²) in [6.07, 6.45) is 0. The van der Waals surface area contributed by atoms with Crippen molar-refractivity contribution in [2.24, 2.45) is 0 Å². The average molecular weight is 259 g/mol. The molecular weight excluding hydrogens is 244 g/mol. The molecule has 1 unspecified atom stereocenters. The Kier molecular flexibility index (Phi) is 5.34. The molecule has 0 aliphatic carbocycles. The SMILES string of the molecule is COCC(C)NCc1ccc(Cl)c([N+](=O)[O-])c1. The molecule has 0 fully saturated rings. The van der Waals surface area contributed by atoms with Gasteiger partial charge in [-0.1, -0.05) is 17.7 Å². The van der Waals surface area contributed by atoms with Gasteiger partial charge in [-0.2, -0.15) is 0 Å². The van der Waals surface area contributed by atoms with Crippen molar-refractivity contribution in [2.45, 2.75) is 19.5 Å². The van der Waals surface area contributed by atoms with Crippen LogP contribution in [0.2, 0.25) is 5.02 Å². The summed E-state index contributed by atoms with van der Waals surface area (Å²) in [6.45, 7) is 3.12. The van der Waals surface area contributed by atoms with Crippen LogP contribution in [0.3, 0.4) is 0 Å². The lowest BCUT2D eigenvalue weighted by Gasteiger charge is -2.12. The predicted molar refractivity (Wildman–Crippen MR) is 66.3 cm³/mol. The van der Waals surface area contributed by atoms with E-state index in [-0.39, 0.29) is 16.8 Å². The van der Waals surface area contributed by atoms with E-state index in [1.165, 1.54) is 12.1 Å². The van der Waals surface area contributed by atoms with E-state index in [0.29, 0.717) is 13.2 Å². The molecule has 0 aliphatic rings. The Morgan fingerprint density at radius 3 is 2.88 bits per heavy atom. The lowest BCUT2D eigenvalue weighted by molar-refractivity contribution is -0.384. The quantitative estimate of drug-likeness (QED) is 0.628. The zero-order valence-corrected chi connectivity index (χ0v) is 10.5. The van der Waals surface area contributed by atoms with Gasteiger partial charge in [0.1, 0.15) is 5.02 Å². The van der Waals surface area contributed by atoms with E-state index < -0.39 is 4.92 Å². The number of hydrogen-bond acceptors (Lipinski definition) is 4. The molecule has 17 heavy (non-hydrogen) atoms. The third kappa shape index (κ3) is 4.30. The first-order chi connectivity index (χ1) is 8.04. The Labute approximate surface area is 105 Å². The summed E-state index contributed by atoms with van der Waals surface area (Å²) in [4.78, 5) is 10.2. The van der Waals surface area contributed by atoms with E-state index in [9.17, 15) is 10.1 Å². The highest BCUT2D eigenvalue weighted by Gasteiger charge is 2.12. The number of halogens is 1. The maximum absolute atomic E-state index is 10.7. The van der Waals surface area contributed by atoms with Crippen LogP contribution in [0.5, 0.6) is 0 Å². The number of nitro groups is 1.